The molecule has 1 aromatic heterocycles. The molecule has 0 spiro atoms. The van der Waals surface area contributed by atoms with E-state index in [2.05, 4.69) is 20.2 Å². The molecule has 1 fully saturated rings. The van der Waals surface area contributed by atoms with Crippen molar-refractivity contribution in [2.24, 2.45) is 5.10 Å². The summed E-state index contributed by atoms with van der Waals surface area (Å²) >= 11 is 6.71. The van der Waals surface area contributed by atoms with Crippen molar-refractivity contribution in [2.45, 2.75) is 44.0 Å². The van der Waals surface area contributed by atoms with Crippen molar-refractivity contribution in [2.75, 3.05) is 7.05 Å². The number of nitrogens with zero attached hydrogens (tertiary/aromatic N) is 5. The first-order chi connectivity index (χ1) is 11.8. The highest BCUT2D eigenvalue weighted by atomic mass is 32.2. The number of carbonyl (C=O) groups is 1. The molecule has 136 valence electrons. The highest BCUT2D eigenvalue weighted by Crippen LogP contribution is 2.43. The normalized spacial score (nSPS) is 23.7. The van der Waals surface area contributed by atoms with E-state index in [1.807, 2.05) is 13.8 Å². The number of fused-ring (bicyclic) bond motifs is 1. The molecule has 10 nitrogen and oxygen atoms in total. The Balaban J connectivity index is 2.00. The van der Waals surface area contributed by atoms with Crippen LogP contribution >= 0.6 is 24.0 Å². The second-order valence-electron chi connectivity index (χ2n) is 6.21. The summed E-state index contributed by atoms with van der Waals surface area (Å²) in [5.41, 5.74) is 1.35. The molecule has 1 atom stereocenters. The van der Waals surface area contributed by atoms with Crippen LogP contribution in [0.3, 0.4) is 0 Å². The molecule has 2 heterocycles. The van der Waals surface area contributed by atoms with Gasteiger partial charge < -0.3 is 10.5 Å². The first-order valence-electron chi connectivity index (χ1n) is 7.64. The lowest BCUT2D eigenvalue weighted by molar-refractivity contribution is -0.808. The van der Waals surface area contributed by atoms with E-state index >= 15 is 0 Å². The summed E-state index contributed by atoms with van der Waals surface area (Å²) in [5, 5.41) is 34.6. The van der Waals surface area contributed by atoms with Gasteiger partial charge in [0.1, 0.15) is 5.71 Å². The Morgan fingerprint density at radius 2 is 2.36 bits per heavy atom. The van der Waals surface area contributed by atoms with Crippen LogP contribution < -0.4 is 10.2 Å². The highest BCUT2D eigenvalue weighted by Gasteiger charge is 2.50. The zero-order valence-corrected chi connectivity index (χ0v) is 15.6. The Morgan fingerprint density at radius 3 is 3.04 bits per heavy atom. The number of thiocarbonyl (C=S) groups is 1. The van der Waals surface area contributed by atoms with Gasteiger partial charge in [-0.25, -0.2) is 9.80 Å². The maximum Gasteiger partial charge on any atom is 0.343 e. The number of hydrogen-bond donors (Lipinski definition) is 2. The average Bonchev–Trinajstić information content (AvgIpc) is 3.04. The van der Waals surface area contributed by atoms with Crippen LogP contribution in [0.5, 0.6) is 0 Å². The van der Waals surface area contributed by atoms with Gasteiger partial charge in [-0.3, -0.25) is 9.84 Å². The Hall–Kier alpha value is -1.92. The van der Waals surface area contributed by atoms with E-state index in [0.717, 1.165) is 6.42 Å². The van der Waals surface area contributed by atoms with Crippen LogP contribution in [0, 0.1) is 5.21 Å². The Labute approximate surface area is 153 Å². The second kappa shape index (κ2) is 6.42. The minimum Gasteiger partial charge on any atom is -0.359 e. The zero-order valence-electron chi connectivity index (χ0n) is 13.9. The molecule has 0 saturated carbocycles. The quantitative estimate of drug-likeness (QED) is 0.332. The SMILES string of the molecule is CNC(=O)N(O)C1N(N=C2CCCc3c2no[n+]3[O-])C(=S)SC1(C)C. The van der Waals surface area contributed by atoms with E-state index in [0.29, 0.717) is 44.2 Å². The lowest BCUT2D eigenvalue weighted by Gasteiger charge is -2.34. The van der Waals surface area contributed by atoms with Gasteiger partial charge in [-0.05, 0) is 31.6 Å². The number of carbonyl (C=O) groups excluding carboxylic acids is 1. The monoisotopic (exact) mass is 386 g/mol. The lowest BCUT2D eigenvalue weighted by Crippen LogP contribution is -2.55. The number of hydroxylamine groups is 2. The fourth-order valence-electron chi connectivity index (χ4n) is 2.90. The lowest BCUT2D eigenvalue weighted by atomic mass is 9.99. The summed E-state index contributed by atoms with van der Waals surface area (Å²) < 4.78 is 4.48. The average molecular weight is 386 g/mol. The van der Waals surface area contributed by atoms with Gasteiger partial charge in [0.25, 0.3) is 5.69 Å². The number of hydrazone groups is 1. The third kappa shape index (κ3) is 3.04. The number of rotatable bonds is 2. The summed E-state index contributed by atoms with van der Waals surface area (Å²) in [6.45, 7) is 3.71. The molecule has 1 aromatic rings. The van der Waals surface area contributed by atoms with Crippen molar-refractivity contribution in [3.8, 4) is 0 Å². The van der Waals surface area contributed by atoms with E-state index in [1.165, 1.54) is 23.8 Å². The predicted octanol–water partition coefficient (Wildman–Crippen LogP) is 0.817. The van der Waals surface area contributed by atoms with Gasteiger partial charge in [-0.1, -0.05) is 24.0 Å². The molecule has 25 heavy (non-hydrogen) atoms. The maximum atomic E-state index is 11.9. The molecule has 3 rings (SSSR count). The summed E-state index contributed by atoms with van der Waals surface area (Å²) in [6.07, 6.45) is 1.05. The smallest absolute Gasteiger partial charge is 0.343 e. The van der Waals surface area contributed by atoms with Crippen molar-refractivity contribution in [1.82, 2.24) is 20.5 Å². The summed E-state index contributed by atoms with van der Waals surface area (Å²) in [5.74, 6) is 0. The molecule has 2 aliphatic rings. The third-order valence-electron chi connectivity index (χ3n) is 4.07. The Bertz CT molecular complexity index is 749. The number of amides is 2. The fourth-order valence-corrected chi connectivity index (χ4v) is 4.68. The maximum absolute atomic E-state index is 11.9. The minimum atomic E-state index is -0.811. The van der Waals surface area contributed by atoms with Gasteiger partial charge in [0, 0.05) is 18.6 Å². The molecule has 0 radical (unpaired) electrons. The molecule has 2 N–H and O–H groups in total. The topological polar surface area (TPSA) is 121 Å². The molecule has 12 heteroatoms. The molecule has 1 aliphatic heterocycles. The molecular weight excluding hydrogens is 368 g/mol. The zero-order chi connectivity index (χ0) is 18.4. The number of hydrogen-bond acceptors (Lipinski definition) is 8. The molecule has 0 bridgehead atoms. The van der Waals surface area contributed by atoms with E-state index in [9.17, 15) is 15.2 Å². The first-order valence-corrected chi connectivity index (χ1v) is 8.87. The summed E-state index contributed by atoms with van der Waals surface area (Å²) in [6, 6.07) is -0.670. The molecule has 2 amide bonds. The fraction of sp³-hybridized carbons (Fsp3) is 0.615. The Kier molecular flexibility index (Phi) is 4.60. The largest absolute Gasteiger partial charge is 0.359 e. The number of aromatic nitrogens is 2. The standard InChI is InChI=1S/C13H18N6O4S2/c1-13(2)10(18(21)11(20)14-3)17(12(24)25-13)15-7-5-4-6-8-9(7)16-23-19(8)22/h10,21H,4-6H2,1-3H3,(H,14,20). The summed E-state index contributed by atoms with van der Waals surface area (Å²) in [7, 11) is 1.42. The van der Waals surface area contributed by atoms with Crippen LogP contribution in [0.25, 0.3) is 0 Å². The van der Waals surface area contributed by atoms with E-state index in [-0.39, 0.29) is 0 Å². The van der Waals surface area contributed by atoms with Crippen LogP contribution in [0.15, 0.2) is 9.73 Å². The van der Waals surface area contributed by atoms with Gasteiger partial charge in [-0.15, -0.1) is 0 Å². The van der Waals surface area contributed by atoms with Gasteiger partial charge in [0.15, 0.2) is 10.5 Å². The van der Waals surface area contributed by atoms with Crippen LogP contribution in [0.2, 0.25) is 0 Å². The van der Waals surface area contributed by atoms with Gasteiger partial charge in [-0.2, -0.15) is 10.2 Å². The van der Waals surface area contributed by atoms with Gasteiger partial charge in [0.2, 0.25) is 5.69 Å². The second-order valence-corrected chi connectivity index (χ2v) is 8.50. The van der Waals surface area contributed by atoms with E-state index in [4.69, 9.17) is 12.2 Å². The van der Waals surface area contributed by atoms with Crippen LogP contribution in [0.4, 0.5) is 4.79 Å². The number of urea groups is 1. The third-order valence-corrected chi connectivity index (χ3v) is 5.61. The van der Waals surface area contributed by atoms with Crippen LogP contribution in [-0.2, 0) is 6.42 Å². The first kappa shape index (κ1) is 17.9. The Morgan fingerprint density at radius 1 is 1.64 bits per heavy atom. The van der Waals surface area contributed by atoms with Crippen LogP contribution in [-0.4, -0.2) is 54.5 Å². The predicted molar refractivity (Wildman–Crippen MR) is 92.9 cm³/mol. The molecule has 1 aliphatic carbocycles. The van der Waals surface area contributed by atoms with Crippen molar-refractivity contribution in [3.63, 3.8) is 0 Å². The minimum absolute atomic E-state index is 0.380. The van der Waals surface area contributed by atoms with Crippen molar-refractivity contribution in [1.29, 1.82) is 0 Å². The van der Waals surface area contributed by atoms with E-state index < -0.39 is 16.9 Å². The highest BCUT2D eigenvalue weighted by molar-refractivity contribution is 8.24. The number of thioether (sulfide) groups is 1. The summed E-state index contributed by atoms with van der Waals surface area (Å²) in [4.78, 5) is 12.3. The van der Waals surface area contributed by atoms with Crippen molar-refractivity contribution >= 4 is 40.0 Å². The molecule has 1 saturated heterocycles. The molecular formula is C13H18N6O4S2. The van der Waals surface area contributed by atoms with Gasteiger partial charge in [0.05, 0.1) is 4.75 Å². The van der Waals surface area contributed by atoms with Crippen molar-refractivity contribution in [3.05, 3.63) is 16.6 Å². The molecule has 0 aromatic carbocycles. The van der Waals surface area contributed by atoms with Gasteiger partial charge >= 0.3 is 6.03 Å². The number of nitrogens with one attached hydrogen (secondary N) is 1. The van der Waals surface area contributed by atoms with Crippen LogP contribution in [0.1, 0.15) is 38.1 Å². The van der Waals surface area contributed by atoms with Crippen molar-refractivity contribution < 1.29 is 19.5 Å². The molecule has 1 unspecified atom stereocenters. The van der Waals surface area contributed by atoms with E-state index in [1.54, 1.807) is 0 Å².